The number of carbonyl (C=O) groups is 2. The molecule has 25 heavy (non-hydrogen) atoms. The highest BCUT2D eigenvalue weighted by molar-refractivity contribution is 6.31. The van der Waals surface area contributed by atoms with Crippen molar-refractivity contribution in [3.63, 3.8) is 0 Å². The van der Waals surface area contributed by atoms with E-state index in [1.54, 1.807) is 38.1 Å². The summed E-state index contributed by atoms with van der Waals surface area (Å²) in [6.45, 7) is 4.95. The molecule has 132 valence electrons. The number of hydrogen-bond acceptors (Lipinski definition) is 3. The van der Waals surface area contributed by atoms with Crippen molar-refractivity contribution in [3.8, 4) is 5.75 Å². The van der Waals surface area contributed by atoms with Gasteiger partial charge in [-0.3, -0.25) is 9.59 Å². The van der Waals surface area contributed by atoms with Gasteiger partial charge < -0.3 is 15.4 Å². The van der Waals surface area contributed by atoms with Gasteiger partial charge in [0.25, 0.3) is 0 Å². The Morgan fingerprint density at radius 2 is 1.64 bits per heavy atom. The van der Waals surface area contributed by atoms with Crippen molar-refractivity contribution in [3.05, 3.63) is 53.1 Å². The molecule has 0 saturated carbocycles. The summed E-state index contributed by atoms with van der Waals surface area (Å²) in [5, 5.41) is 6.04. The molecule has 5 nitrogen and oxygen atoms in total. The van der Waals surface area contributed by atoms with Gasteiger partial charge in [-0.2, -0.15) is 0 Å². The summed E-state index contributed by atoms with van der Waals surface area (Å²) in [6.07, 6.45) is 0. The van der Waals surface area contributed by atoms with Crippen LogP contribution in [0.5, 0.6) is 5.75 Å². The van der Waals surface area contributed by atoms with Crippen molar-refractivity contribution in [1.82, 2.24) is 0 Å². The number of hydrogen-bond donors (Lipinski definition) is 2. The normalized spacial score (nSPS) is 10.9. The Hall–Kier alpha value is -2.53. The van der Waals surface area contributed by atoms with Gasteiger partial charge in [-0.25, -0.2) is 0 Å². The smallest absolute Gasteiger partial charge is 0.239 e. The molecule has 2 amide bonds. The average Bonchev–Trinajstić information content (AvgIpc) is 2.58. The predicted octanol–water partition coefficient (Wildman–Crippen LogP) is 4.26. The van der Waals surface area contributed by atoms with Crippen LogP contribution in [0.15, 0.2) is 42.5 Å². The number of nitrogens with one attached hydrogen (secondary N) is 2. The Balaban J connectivity index is 2.18. The second-order valence-electron chi connectivity index (χ2n) is 6.20. The Labute approximate surface area is 152 Å². The molecule has 0 spiro atoms. The lowest BCUT2D eigenvalue weighted by atomic mass is 9.90. The Morgan fingerprint density at radius 1 is 1.04 bits per heavy atom. The third kappa shape index (κ3) is 4.31. The van der Waals surface area contributed by atoms with Gasteiger partial charge >= 0.3 is 0 Å². The maximum absolute atomic E-state index is 12.7. The van der Waals surface area contributed by atoms with Crippen molar-refractivity contribution in [2.75, 3.05) is 17.7 Å². The van der Waals surface area contributed by atoms with Crippen LogP contribution in [0.1, 0.15) is 19.4 Å². The second-order valence-corrected chi connectivity index (χ2v) is 6.61. The lowest BCUT2D eigenvalue weighted by Gasteiger charge is -2.23. The molecule has 0 fully saturated rings. The van der Waals surface area contributed by atoms with E-state index < -0.39 is 17.2 Å². The lowest BCUT2D eigenvalue weighted by Crippen LogP contribution is -2.41. The number of benzene rings is 2. The van der Waals surface area contributed by atoms with E-state index in [0.717, 1.165) is 5.56 Å². The molecule has 0 aliphatic carbocycles. The Morgan fingerprint density at radius 3 is 2.24 bits per heavy atom. The van der Waals surface area contributed by atoms with E-state index in [1.165, 1.54) is 7.11 Å². The van der Waals surface area contributed by atoms with Gasteiger partial charge in [0.15, 0.2) is 0 Å². The first-order chi connectivity index (χ1) is 11.8. The third-order valence-corrected chi connectivity index (χ3v) is 4.30. The summed E-state index contributed by atoms with van der Waals surface area (Å²) in [7, 11) is 1.49. The first-order valence-electron chi connectivity index (χ1n) is 7.77. The minimum Gasteiger partial charge on any atom is -0.495 e. The lowest BCUT2D eigenvalue weighted by molar-refractivity contribution is -0.135. The van der Waals surface area contributed by atoms with Crippen molar-refractivity contribution in [2.45, 2.75) is 20.8 Å². The number of ether oxygens (including phenoxy) is 1. The highest BCUT2D eigenvalue weighted by atomic mass is 35.5. The number of aryl methyl sites for hydroxylation is 1. The van der Waals surface area contributed by atoms with Crippen molar-refractivity contribution < 1.29 is 14.3 Å². The van der Waals surface area contributed by atoms with Crippen LogP contribution in [-0.4, -0.2) is 18.9 Å². The fraction of sp³-hybridized carbons (Fsp3) is 0.263. The van der Waals surface area contributed by atoms with E-state index in [-0.39, 0.29) is 0 Å². The van der Waals surface area contributed by atoms with Crippen LogP contribution in [0.2, 0.25) is 5.02 Å². The molecule has 2 N–H and O–H groups in total. The SMILES string of the molecule is COc1cc(Cl)c(C)cc1NC(=O)C(C)(C)C(=O)Nc1ccccc1. The summed E-state index contributed by atoms with van der Waals surface area (Å²) >= 11 is 6.07. The van der Waals surface area contributed by atoms with E-state index in [0.29, 0.717) is 22.1 Å². The average molecular weight is 361 g/mol. The van der Waals surface area contributed by atoms with Gasteiger partial charge in [0, 0.05) is 16.8 Å². The molecule has 0 radical (unpaired) electrons. The number of para-hydroxylation sites is 1. The summed E-state index contributed by atoms with van der Waals surface area (Å²) in [6, 6.07) is 12.3. The molecule has 2 rings (SSSR count). The molecular formula is C19H21ClN2O3. The Bertz CT molecular complexity index is 789. The standard InChI is InChI=1S/C19H21ClN2O3/c1-12-10-15(16(25-4)11-14(12)20)22-18(24)19(2,3)17(23)21-13-8-6-5-7-9-13/h5-11H,1-4H3,(H,21,23)(H,22,24). The summed E-state index contributed by atoms with van der Waals surface area (Å²) < 4.78 is 5.25. The molecular weight excluding hydrogens is 340 g/mol. The molecule has 0 saturated heterocycles. The number of amides is 2. The fourth-order valence-electron chi connectivity index (χ4n) is 2.12. The van der Waals surface area contributed by atoms with Crippen molar-refractivity contribution in [1.29, 1.82) is 0 Å². The Kier molecular flexibility index (Phi) is 5.69. The van der Waals surface area contributed by atoms with Crippen LogP contribution >= 0.6 is 11.6 Å². The minimum absolute atomic E-state index is 0.402. The summed E-state index contributed by atoms with van der Waals surface area (Å²) in [5.41, 5.74) is 0.613. The molecule has 0 aliphatic rings. The van der Waals surface area contributed by atoms with Crippen molar-refractivity contribution >= 4 is 34.8 Å². The summed E-state index contributed by atoms with van der Waals surface area (Å²) in [4.78, 5) is 25.2. The molecule has 6 heteroatoms. The largest absolute Gasteiger partial charge is 0.495 e. The van der Waals surface area contributed by atoms with E-state index in [9.17, 15) is 9.59 Å². The first kappa shape index (κ1) is 18.8. The number of methoxy groups -OCH3 is 1. The molecule has 2 aromatic carbocycles. The molecule has 0 unspecified atom stereocenters. The van der Waals surface area contributed by atoms with Crippen LogP contribution in [0.25, 0.3) is 0 Å². The van der Waals surface area contributed by atoms with E-state index in [1.807, 2.05) is 25.1 Å². The molecule has 0 aromatic heterocycles. The van der Waals surface area contributed by atoms with Gasteiger partial charge in [0.1, 0.15) is 11.2 Å². The maximum atomic E-state index is 12.7. The van der Waals surface area contributed by atoms with E-state index in [2.05, 4.69) is 10.6 Å². The zero-order valence-corrected chi connectivity index (χ0v) is 15.4. The highest BCUT2D eigenvalue weighted by Gasteiger charge is 2.36. The van der Waals surface area contributed by atoms with Crippen LogP contribution in [-0.2, 0) is 9.59 Å². The summed E-state index contributed by atoms with van der Waals surface area (Å²) in [5.74, 6) is -0.412. The number of carbonyl (C=O) groups excluding carboxylic acids is 2. The highest BCUT2D eigenvalue weighted by Crippen LogP contribution is 2.32. The molecule has 0 bridgehead atoms. The van der Waals surface area contributed by atoms with Crippen LogP contribution in [0.3, 0.4) is 0 Å². The molecule has 2 aromatic rings. The van der Waals surface area contributed by atoms with Gasteiger partial charge in [-0.05, 0) is 44.5 Å². The number of halogens is 1. The third-order valence-electron chi connectivity index (χ3n) is 3.90. The fourth-order valence-corrected chi connectivity index (χ4v) is 2.27. The molecule has 0 heterocycles. The maximum Gasteiger partial charge on any atom is 0.239 e. The topological polar surface area (TPSA) is 67.4 Å². The van der Waals surface area contributed by atoms with Crippen LogP contribution < -0.4 is 15.4 Å². The van der Waals surface area contributed by atoms with E-state index >= 15 is 0 Å². The second kappa shape index (κ2) is 7.57. The van der Waals surface area contributed by atoms with Crippen molar-refractivity contribution in [2.24, 2.45) is 5.41 Å². The quantitative estimate of drug-likeness (QED) is 0.783. The van der Waals surface area contributed by atoms with Crippen LogP contribution in [0, 0.1) is 12.3 Å². The van der Waals surface area contributed by atoms with Gasteiger partial charge in [0.05, 0.1) is 12.8 Å². The molecule has 0 atom stereocenters. The zero-order valence-electron chi connectivity index (χ0n) is 14.6. The first-order valence-corrected chi connectivity index (χ1v) is 8.15. The van der Waals surface area contributed by atoms with Gasteiger partial charge in [-0.15, -0.1) is 0 Å². The van der Waals surface area contributed by atoms with Gasteiger partial charge in [0.2, 0.25) is 11.8 Å². The monoisotopic (exact) mass is 360 g/mol. The molecule has 0 aliphatic heterocycles. The zero-order chi connectivity index (χ0) is 18.6. The van der Waals surface area contributed by atoms with Gasteiger partial charge in [-0.1, -0.05) is 29.8 Å². The minimum atomic E-state index is -1.28. The van der Waals surface area contributed by atoms with Crippen LogP contribution in [0.4, 0.5) is 11.4 Å². The number of anilines is 2. The number of rotatable bonds is 5. The predicted molar refractivity (Wildman–Crippen MR) is 100 cm³/mol. The van der Waals surface area contributed by atoms with E-state index in [4.69, 9.17) is 16.3 Å².